The molecular formula is C15H20N4O. The fourth-order valence-corrected chi connectivity index (χ4v) is 2.32. The minimum Gasteiger partial charge on any atom is -0.348 e. The van der Waals surface area contributed by atoms with E-state index in [-0.39, 0.29) is 5.91 Å². The molecule has 0 radical (unpaired) electrons. The predicted molar refractivity (Wildman–Crippen MR) is 79.5 cm³/mol. The summed E-state index contributed by atoms with van der Waals surface area (Å²) in [6.07, 6.45) is 3.69. The predicted octanol–water partition coefficient (Wildman–Crippen LogP) is 1.84. The number of H-pyrrole nitrogens is 1. The van der Waals surface area contributed by atoms with E-state index in [2.05, 4.69) is 15.3 Å². The quantitative estimate of drug-likeness (QED) is 0.794. The highest BCUT2D eigenvalue weighted by Crippen LogP contribution is 2.22. The van der Waals surface area contributed by atoms with Gasteiger partial charge in [-0.1, -0.05) is 17.7 Å². The van der Waals surface area contributed by atoms with Gasteiger partial charge in [0, 0.05) is 24.0 Å². The molecule has 0 bridgehead atoms. The van der Waals surface area contributed by atoms with Crippen molar-refractivity contribution in [2.75, 3.05) is 5.32 Å². The molecule has 106 valence electrons. The van der Waals surface area contributed by atoms with Gasteiger partial charge in [-0.2, -0.15) is 0 Å². The van der Waals surface area contributed by atoms with Crippen LogP contribution < -0.4 is 11.1 Å². The van der Waals surface area contributed by atoms with Gasteiger partial charge in [-0.3, -0.25) is 4.79 Å². The van der Waals surface area contributed by atoms with Crippen LogP contribution in [0.3, 0.4) is 0 Å². The molecule has 0 aliphatic rings. The number of aromatic nitrogens is 2. The molecule has 1 atom stereocenters. The zero-order valence-electron chi connectivity index (χ0n) is 12.0. The average molecular weight is 272 g/mol. The number of nitrogens with one attached hydrogen (secondary N) is 2. The van der Waals surface area contributed by atoms with Crippen molar-refractivity contribution in [2.24, 2.45) is 5.73 Å². The number of benzene rings is 1. The van der Waals surface area contributed by atoms with Crippen molar-refractivity contribution in [1.29, 1.82) is 0 Å². The van der Waals surface area contributed by atoms with E-state index in [0.29, 0.717) is 6.42 Å². The highest BCUT2D eigenvalue weighted by Gasteiger charge is 2.16. The molecular weight excluding hydrogens is 252 g/mol. The van der Waals surface area contributed by atoms with E-state index in [0.717, 1.165) is 22.5 Å². The fraction of sp³-hybridized carbons (Fsp3) is 0.333. The van der Waals surface area contributed by atoms with Crippen LogP contribution in [0, 0.1) is 20.8 Å². The molecule has 0 saturated carbocycles. The number of carbonyl (C=O) groups excluding carboxylic acids is 1. The monoisotopic (exact) mass is 272 g/mol. The molecule has 1 aromatic heterocycles. The maximum absolute atomic E-state index is 12.2. The zero-order chi connectivity index (χ0) is 14.7. The molecule has 2 rings (SSSR count). The van der Waals surface area contributed by atoms with Crippen molar-refractivity contribution in [3.63, 3.8) is 0 Å². The van der Waals surface area contributed by atoms with Crippen LogP contribution in [0.25, 0.3) is 0 Å². The van der Waals surface area contributed by atoms with E-state index in [4.69, 9.17) is 5.73 Å². The van der Waals surface area contributed by atoms with Crippen molar-refractivity contribution in [3.8, 4) is 0 Å². The standard InChI is InChI=1S/C15H20N4O/c1-9-4-10(2)14(11(3)5-9)19-15(20)13(16)6-12-7-17-8-18-12/h4-5,7-8,13H,6,16H2,1-3H3,(H,17,18)(H,19,20)/t13-/m0/s1. The van der Waals surface area contributed by atoms with E-state index < -0.39 is 6.04 Å². The SMILES string of the molecule is Cc1cc(C)c(NC(=O)[C@@H](N)Cc2cnc[nH]2)c(C)c1. The number of hydrogen-bond acceptors (Lipinski definition) is 3. The molecule has 5 nitrogen and oxygen atoms in total. The van der Waals surface area contributed by atoms with Crippen molar-refractivity contribution >= 4 is 11.6 Å². The summed E-state index contributed by atoms with van der Waals surface area (Å²) in [5, 5.41) is 2.92. The smallest absolute Gasteiger partial charge is 0.241 e. The molecule has 1 aromatic carbocycles. The Balaban J connectivity index is 2.08. The third-order valence-corrected chi connectivity index (χ3v) is 3.26. The fourth-order valence-electron chi connectivity index (χ4n) is 2.32. The van der Waals surface area contributed by atoms with Crippen LogP contribution in [-0.2, 0) is 11.2 Å². The lowest BCUT2D eigenvalue weighted by molar-refractivity contribution is -0.117. The number of nitrogens with zero attached hydrogens (tertiary/aromatic N) is 1. The van der Waals surface area contributed by atoms with Gasteiger partial charge in [0.1, 0.15) is 0 Å². The van der Waals surface area contributed by atoms with Gasteiger partial charge in [0.15, 0.2) is 0 Å². The Labute approximate surface area is 118 Å². The maximum Gasteiger partial charge on any atom is 0.241 e. The molecule has 0 aliphatic carbocycles. The molecule has 0 spiro atoms. The van der Waals surface area contributed by atoms with Crippen LogP contribution in [0.2, 0.25) is 0 Å². The van der Waals surface area contributed by atoms with Gasteiger partial charge < -0.3 is 16.0 Å². The number of aromatic amines is 1. The Morgan fingerprint density at radius 1 is 1.35 bits per heavy atom. The van der Waals surface area contributed by atoms with Crippen LogP contribution in [0.15, 0.2) is 24.7 Å². The summed E-state index contributed by atoms with van der Waals surface area (Å²) in [6, 6.07) is 3.49. The number of aryl methyl sites for hydroxylation is 3. The number of imidazole rings is 1. The summed E-state index contributed by atoms with van der Waals surface area (Å²) < 4.78 is 0. The summed E-state index contributed by atoms with van der Waals surface area (Å²) >= 11 is 0. The first-order valence-corrected chi connectivity index (χ1v) is 6.59. The first kappa shape index (κ1) is 14.3. The first-order valence-electron chi connectivity index (χ1n) is 6.59. The Bertz CT molecular complexity index is 581. The van der Waals surface area contributed by atoms with Gasteiger partial charge in [-0.05, 0) is 31.9 Å². The van der Waals surface area contributed by atoms with Crippen LogP contribution in [0.1, 0.15) is 22.4 Å². The van der Waals surface area contributed by atoms with E-state index in [1.165, 1.54) is 5.56 Å². The van der Waals surface area contributed by atoms with Gasteiger partial charge in [-0.15, -0.1) is 0 Å². The highest BCUT2D eigenvalue weighted by molar-refractivity contribution is 5.96. The van der Waals surface area contributed by atoms with Gasteiger partial charge in [0.2, 0.25) is 5.91 Å². The molecule has 4 N–H and O–H groups in total. The third kappa shape index (κ3) is 3.24. The second-order valence-corrected chi connectivity index (χ2v) is 5.15. The normalized spacial score (nSPS) is 12.2. The molecule has 0 saturated heterocycles. The lowest BCUT2D eigenvalue weighted by Gasteiger charge is -2.16. The van der Waals surface area contributed by atoms with Crippen molar-refractivity contribution in [3.05, 3.63) is 47.0 Å². The average Bonchev–Trinajstić information content (AvgIpc) is 2.86. The number of anilines is 1. The summed E-state index contributed by atoms with van der Waals surface area (Å²) in [5.41, 5.74) is 10.9. The lowest BCUT2D eigenvalue weighted by atomic mass is 10.0. The van der Waals surface area contributed by atoms with Crippen LogP contribution in [0.5, 0.6) is 0 Å². The minimum absolute atomic E-state index is 0.186. The number of hydrogen-bond donors (Lipinski definition) is 3. The molecule has 0 fully saturated rings. The number of nitrogens with two attached hydrogens (primary N) is 1. The number of amides is 1. The van der Waals surface area contributed by atoms with Gasteiger partial charge in [-0.25, -0.2) is 4.98 Å². The summed E-state index contributed by atoms with van der Waals surface area (Å²) in [6.45, 7) is 6.00. The molecule has 5 heteroatoms. The lowest BCUT2D eigenvalue weighted by Crippen LogP contribution is -2.37. The van der Waals surface area contributed by atoms with Gasteiger partial charge in [0.25, 0.3) is 0 Å². The summed E-state index contributed by atoms with van der Waals surface area (Å²) in [4.78, 5) is 19.0. The van der Waals surface area contributed by atoms with Crippen molar-refractivity contribution in [1.82, 2.24) is 9.97 Å². The van der Waals surface area contributed by atoms with Crippen molar-refractivity contribution in [2.45, 2.75) is 33.2 Å². The third-order valence-electron chi connectivity index (χ3n) is 3.26. The molecule has 1 heterocycles. The summed E-state index contributed by atoms with van der Waals surface area (Å²) in [5.74, 6) is -0.186. The Hall–Kier alpha value is -2.14. The highest BCUT2D eigenvalue weighted by atomic mass is 16.2. The zero-order valence-corrected chi connectivity index (χ0v) is 12.0. The van der Waals surface area contributed by atoms with Crippen LogP contribution >= 0.6 is 0 Å². The van der Waals surface area contributed by atoms with Crippen LogP contribution in [0.4, 0.5) is 5.69 Å². The molecule has 0 unspecified atom stereocenters. The minimum atomic E-state index is -0.601. The van der Waals surface area contributed by atoms with E-state index in [1.807, 2.05) is 32.9 Å². The Morgan fingerprint density at radius 3 is 2.55 bits per heavy atom. The topological polar surface area (TPSA) is 83.8 Å². The van der Waals surface area contributed by atoms with Crippen molar-refractivity contribution < 1.29 is 4.79 Å². The second-order valence-electron chi connectivity index (χ2n) is 5.15. The van der Waals surface area contributed by atoms with E-state index in [9.17, 15) is 4.79 Å². The number of carbonyl (C=O) groups is 1. The Morgan fingerprint density at radius 2 is 2.00 bits per heavy atom. The molecule has 0 aliphatic heterocycles. The van der Waals surface area contributed by atoms with Gasteiger partial charge >= 0.3 is 0 Å². The van der Waals surface area contributed by atoms with E-state index in [1.54, 1.807) is 12.5 Å². The largest absolute Gasteiger partial charge is 0.348 e. The molecule has 2 aromatic rings. The summed E-state index contributed by atoms with van der Waals surface area (Å²) in [7, 11) is 0. The van der Waals surface area contributed by atoms with E-state index >= 15 is 0 Å². The maximum atomic E-state index is 12.2. The molecule has 1 amide bonds. The Kier molecular flexibility index (Phi) is 4.20. The number of rotatable bonds is 4. The first-order chi connectivity index (χ1) is 9.47. The van der Waals surface area contributed by atoms with Gasteiger partial charge in [0.05, 0.1) is 12.4 Å². The van der Waals surface area contributed by atoms with Crippen LogP contribution in [-0.4, -0.2) is 21.9 Å². The molecule has 20 heavy (non-hydrogen) atoms. The second kappa shape index (κ2) is 5.88.